The number of benzene rings is 1. The lowest BCUT2D eigenvalue weighted by Gasteiger charge is -2.08. The summed E-state index contributed by atoms with van der Waals surface area (Å²) in [5.41, 5.74) is 0.876. The van der Waals surface area contributed by atoms with Gasteiger partial charge in [0, 0.05) is 11.1 Å². The van der Waals surface area contributed by atoms with E-state index in [0.717, 1.165) is 5.69 Å². The summed E-state index contributed by atoms with van der Waals surface area (Å²) in [5.74, 6) is 0.0517. The lowest BCUT2D eigenvalue weighted by atomic mass is 10.3. The van der Waals surface area contributed by atoms with Gasteiger partial charge in [0.2, 0.25) is 5.91 Å². The fraction of sp³-hybridized carbons (Fsp3) is 0.250. The number of amides is 1. The Bertz CT molecular complexity index is 965. The number of carbonyl (C=O) groups excluding carboxylic acids is 1. The number of aromatic nitrogens is 4. The SMILES string of the molecule is CC(C)NC(=O)CSc1nc2c(cnn2-c2ccc(Cl)cc2)c(=O)[nH]1. The Hall–Kier alpha value is -2.32. The Balaban J connectivity index is 1.92. The molecular formula is C16H16ClN5O2S. The standard InChI is InChI=1S/C16H16ClN5O2S/c1-9(2)19-13(23)8-25-16-20-14-12(15(24)21-16)7-18-22(14)11-5-3-10(17)4-6-11/h3-7,9H,8H2,1-2H3,(H,19,23)(H,20,21,24). The monoisotopic (exact) mass is 377 g/mol. The molecule has 3 rings (SSSR count). The summed E-state index contributed by atoms with van der Waals surface area (Å²) >= 11 is 7.08. The van der Waals surface area contributed by atoms with Crippen molar-refractivity contribution in [1.29, 1.82) is 0 Å². The molecule has 25 heavy (non-hydrogen) atoms. The molecule has 0 unspecified atom stereocenters. The second-order valence-electron chi connectivity index (χ2n) is 5.65. The van der Waals surface area contributed by atoms with Crippen LogP contribution in [0.2, 0.25) is 5.02 Å². The summed E-state index contributed by atoms with van der Waals surface area (Å²) in [7, 11) is 0. The maximum Gasteiger partial charge on any atom is 0.262 e. The molecule has 0 bridgehead atoms. The molecule has 3 aromatic rings. The molecule has 7 nitrogen and oxygen atoms in total. The topological polar surface area (TPSA) is 92.7 Å². The Labute approximate surface area is 152 Å². The van der Waals surface area contributed by atoms with Crippen LogP contribution in [0.5, 0.6) is 0 Å². The highest BCUT2D eigenvalue weighted by atomic mass is 35.5. The number of rotatable bonds is 5. The number of hydrogen-bond acceptors (Lipinski definition) is 5. The minimum atomic E-state index is -0.294. The summed E-state index contributed by atoms with van der Waals surface area (Å²) in [6, 6.07) is 7.13. The third-order valence-electron chi connectivity index (χ3n) is 3.28. The average molecular weight is 378 g/mol. The Morgan fingerprint density at radius 1 is 1.36 bits per heavy atom. The Kier molecular flexibility index (Phi) is 5.10. The van der Waals surface area contributed by atoms with Gasteiger partial charge in [-0.15, -0.1) is 0 Å². The van der Waals surface area contributed by atoms with Crippen LogP contribution in [0.3, 0.4) is 0 Å². The summed E-state index contributed by atoms with van der Waals surface area (Å²) in [6.07, 6.45) is 1.47. The molecule has 0 fully saturated rings. The van der Waals surface area contributed by atoms with E-state index in [1.54, 1.807) is 28.9 Å². The maximum absolute atomic E-state index is 12.2. The van der Waals surface area contributed by atoms with Crippen LogP contribution in [-0.4, -0.2) is 37.5 Å². The number of H-pyrrole nitrogens is 1. The third kappa shape index (κ3) is 4.02. The van der Waals surface area contributed by atoms with E-state index < -0.39 is 0 Å². The van der Waals surface area contributed by atoms with Gasteiger partial charge in [-0.3, -0.25) is 9.59 Å². The van der Waals surface area contributed by atoms with Gasteiger partial charge in [0.05, 0.1) is 17.6 Å². The van der Waals surface area contributed by atoms with Crippen LogP contribution in [0.15, 0.2) is 40.4 Å². The molecule has 0 atom stereocenters. The first-order valence-electron chi connectivity index (χ1n) is 7.60. The van der Waals surface area contributed by atoms with Crippen molar-refractivity contribution in [2.45, 2.75) is 25.0 Å². The number of nitrogens with zero attached hydrogens (tertiary/aromatic N) is 3. The van der Waals surface area contributed by atoms with Crippen molar-refractivity contribution in [3.8, 4) is 5.69 Å². The Morgan fingerprint density at radius 3 is 2.76 bits per heavy atom. The molecule has 1 aromatic carbocycles. The molecule has 9 heteroatoms. The fourth-order valence-electron chi connectivity index (χ4n) is 2.24. The minimum Gasteiger partial charge on any atom is -0.353 e. The number of hydrogen-bond donors (Lipinski definition) is 2. The first-order valence-corrected chi connectivity index (χ1v) is 8.96. The Morgan fingerprint density at radius 2 is 2.08 bits per heavy atom. The molecule has 0 saturated carbocycles. The number of fused-ring (bicyclic) bond motifs is 1. The fourth-order valence-corrected chi connectivity index (χ4v) is 3.03. The highest BCUT2D eigenvalue weighted by Crippen LogP contribution is 2.19. The van der Waals surface area contributed by atoms with E-state index in [0.29, 0.717) is 21.2 Å². The number of halogens is 1. The van der Waals surface area contributed by atoms with Crippen LogP contribution in [0.4, 0.5) is 0 Å². The van der Waals surface area contributed by atoms with Crippen molar-refractivity contribution < 1.29 is 4.79 Å². The maximum atomic E-state index is 12.2. The smallest absolute Gasteiger partial charge is 0.262 e. The normalized spacial score (nSPS) is 11.2. The highest BCUT2D eigenvalue weighted by Gasteiger charge is 2.13. The van der Waals surface area contributed by atoms with Crippen molar-refractivity contribution in [2.24, 2.45) is 0 Å². The molecule has 0 aliphatic carbocycles. The zero-order chi connectivity index (χ0) is 18.0. The van der Waals surface area contributed by atoms with E-state index in [2.05, 4.69) is 20.4 Å². The van der Waals surface area contributed by atoms with Gasteiger partial charge in [-0.2, -0.15) is 5.10 Å². The molecule has 2 aromatic heterocycles. The van der Waals surface area contributed by atoms with Gasteiger partial charge in [-0.1, -0.05) is 23.4 Å². The predicted octanol–water partition coefficient (Wildman–Crippen LogP) is 2.38. The van der Waals surface area contributed by atoms with E-state index in [1.807, 2.05) is 13.8 Å². The van der Waals surface area contributed by atoms with Gasteiger partial charge in [0.1, 0.15) is 5.39 Å². The number of thioether (sulfide) groups is 1. The quantitative estimate of drug-likeness (QED) is 0.526. The average Bonchev–Trinajstić information content (AvgIpc) is 2.97. The second-order valence-corrected chi connectivity index (χ2v) is 7.05. The van der Waals surface area contributed by atoms with E-state index in [4.69, 9.17) is 11.6 Å². The molecule has 0 aliphatic rings. The van der Waals surface area contributed by atoms with E-state index in [-0.39, 0.29) is 23.3 Å². The van der Waals surface area contributed by atoms with Crippen molar-refractivity contribution in [3.63, 3.8) is 0 Å². The molecule has 130 valence electrons. The highest BCUT2D eigenvalue weighted by molar-refractivity contribution is 7.99. The van der Waals surface area contributed by atoms with Crippen molar-refractivity contribution in [1.82, 2.24) is 25.1 Å². The molecule has 0 spiro atoms. The van der Waals surface area contributed by atoms with Crippen molar-refractivity contribution in [3.05, 3.63) is 45.8 Å². The molecule has 1 amide bonds. The van der Waals surface area contributed by atoms with Crippen LogP contribution in [0, 0.1) is 0 Å². The number of aromatic amines is 1. The first-order chi connectivity index (χ1) is 11.9. The second kappa shape index (κ2) is 7.28. The lowest BCUT2D eigenvalue weighted by Crippen LogP contribution is -2.31. The largest absolute Gasteiger partial charge is 0.353 e. The van der Waals surface area contributed by atoms with Gasteiger partial charge < -0.3 is 10.3 Å². The van der Waals surface area contributed by atoms with Gasteiger partial charge >= 0.3 is 0 Å². The number of carbonyl (C=O) groups is 1. The molecule has 2 N–H and O–H groups in total. The lowest BCUT2D eigenvalue weighted by molar-refractivity contribution is -0.119. The molecule has 0 saturated heterocycles. The van der Waals surface area contributed by atoms with E-state index in [1.165, 1.54) is 18.0 Å². The van der Waals surface area contributed by atoms with Crippen LogP contribution >= 0.6 is 23.4 Å². The van der Waals surface area contributed by atoms with Gasteiger partial charge in [0.15, 0.2) is 10.8 Å². The van der Waals surface area contributed by atoms with E-state index in [9.17, 15) is 9.59 Å². The van der Waals surface area contributed by atoms with E-state index >= 15 is 0 Å². The predicted molar refractivity (Wildman–Crippen MR) is 98.5 cm³/mol. The first kappa shape index (κ1) is 17.5. The molecular weight excluding hydrogens is 362 g/mol. The summed E-state index contributed by atoms with van der Waals surface area (Å²) in [6.45, 7) is 3.78. The van der Waals surface area contributed by atoms with Crippen molar-refractivity contribution in [2.75, 3.05) is 5.75 Å². The van der Waals surface area contributed by atoms with Gasteiger partial charge in [-0.05, 0) is 38.1 Å². The molecule has 2 heterocycles. The molecule has 0 radical (unpaired) electrons. The van der Waals surface area contributed by atoms with Gasteiger partial charge in [-0.25, -0.2) is 9.67 Å². The van der Waals surface area contributed by atoms with Crippen LogP contribution in [-0.2, 0) is 4.79 Å². The van der Waals surface area contributed by atoms with Crippen LogP contribution < -0.4 is 10.9 Å². The number of nitrogens with one attached hydrogen (secondary N) is 2. The van der Waals surface area contributed by atoms with Gasteiger partial charge in [0.25, 0.3) is 5.56 Å². The third-order valence-corrected chi connectivity index (χ3v) is 4.40. The van der Waals surface area contributed by atoms with Crippen LogP contribution in [0.1, 0.15) is 13.8 Å². The zero-order valence-electron chi connectivity index (χ0n) is 13.6. The summed E-state index contributed by atoms with van der Waals surface area (Å²) in [5, 5.41) is 8.38. The summed E-state index contributed by atoms with van der Waals surface area (Å²) < 4.78 is 1.57. The zero-order valence-corrected chi connectivity index (χ0v) is 15.2. The summed E-state index contributed by atoms with van der Waals surface area (Å²) in [4.78, 5) is 31.1. The van der Waals surface area contributed by atoms with Crippen molar-refractivity contribution >= 4 is 40.3 Å². The van der Waals surface area contributed by atoms with Crippen LogP contribution in [0.25, 0.3) is 16.7 Å². The minimum absolute atomic E-state index is 0.0638. The molecule has 0 aliphatic heterocycles.